The second-order valence-corrected chi connectivity index (χ2v) is 5.82. The van der Waals surface area contributed by atoms with Gasteiger partial charge in [-0.05, 0) is 12.1 Å². The van der Waals surface area contributed by atoms with Crippen LogP contribution < -0.4 is 0 Å². The van der Waals surface area contributed by atoms with Crippen molar-refractivity contribution < 1.29 is 21.6 Å². The van der Waals surface area contributed by atoms with Crippen LogP contribution in [-0.4, -0.2) is 8.42 Å². The fourth-order valence-corrected chi connectivity index (χ4v) is 2.41. The van der Waals surface area contributed by atoms with Crippen molar-refractivity contribution in [2.45, 2.75) is 11.1 Å². The van der Waals surface area contributed by atoms with Gasteiger partial charge in [0.05, 0.1) is 21.0 Å². The van der Waals surface area contributed by atoms with Crippen LogP contribution in [0.4, 0.5) is 13.2 Å². The van der Waals surface area contributed by atoms with E-state index in [1.54, 1.807) is 0 Å². The minimum Gasteiger partial charge on any atom is -0.207 e. The van der Waals surface area contributed by atoms with Crippen molar-refractivity contribution >= 4 is 31.3 Å². The first-order valence-electron chi connectivity index (χ1n) is 3.83. The average Bonchev–Trinajstić information content (AvgIpc) is 2.14. The van der Waals surface area contributed by atoms with Crippen LogP contribution in [0.25, 0.3) is 0 Å². The first-order chi connectivity index (χ1) is 7.57. The average molecular weight is 304 g/mol. The predicted octanol–water partition coefficient (Wildman–Crippen LogP) is 3.16. The molecule has 0 atom stereocenters. The second kappa shape index (κ2) is 4.37. The number of halogens is 5. The van der Waals surface area contributed by atoms with Crippen LogP contribution in [0.15, 0.2) is 17.0 Å². The number of hydrogen-bond acceptors (Lipinski definition) is 3. The Morgan fingerprint density at radius 2 is 1.82 bits per heavy atom. The summed E-state index contributed by atoms with van der Waals surface area (Å²) in [7, 11) is 0.262. The summed E-state index contributed by atoms with van der Waals surface area (Å²) >= 11 is 5.44. The van der Waals surface area contributed by atoms with Gasteiger partial charge in [-0.25, -0.2) is 8.42 Å². The van der Waals surface area contributed by atoms with Gasteiger partial charge in [-0.15, -0.1) is 0 Å². The van der Waals surface area contributed by atoms with Crippen molar-refractivity contribution in [2.24, 2.45) is 0 Å². The molecule has 0 aliphatic carbocycles. The molecule has 0 amide bonds. The molecule has 92 valence electrons. The van der Waals surface area contributed by atoms with E-state index in [1.165, 1.54) is 6.07 Å². The highest BCUT2D eigenvalue weighted by Crippen LogP contribution is 2.38. The quantitative estimate of drug-likeness (QED) is 0.749. The monoisotopic (exact) mass is 303 g/mol. The van der Waals surface area contributed by atoms with Crippen LogP contribution in [0.5, 0.6) is 0 Å². The lowest BCUT2D eigenvalue weighted by Gasteiger charge is -2.11. The lowest BCUT2D eigenvalue weighted by atomic mass is 10.1. The summed E-state index contributed by atoms with van der Waals surface area (Å²) in [4.78, 5) is -1.17. The Labute approximate surface area is 104 Å². The molecule has 3 nitrogen and oxygen atoms in total. The van der Waals surface area contributed by atoms with E-state index in [9.17, 15) is 21.6 Å². The van der Waals surface area contributed by atoms with Gasteiger partial charge in [0, 0.05) is 10.7 Å². The minimum absolute atomic E-state index is 0.345. The lowest BCUT2D eigenvalue weighted by molar-refractivity contribution is -0.139. The van der Waals surface area contributed by atoms with Gasteiger partial charge in [-0.1, -0.05) is 11.6 Å². The van der Waals surface area contributed by atoms with E-state index in [0.717, 1.165) is 0 Å². The van der Waals surface area contributed by atoms with E-state index < -0.39 is 36.3 Å². The Balaban J connectivity index is 3.73. The minimum atomic E-state index is -4.95. The number of hydrogen-bond donors (Lipinski definition) is 0. The van der Waals surface area contributed by atoms with Crippen molar-refractivity contribution in [3.63, 3.8) is 0 Å². The largest absolute Gasteiger partial charge is 0.417 e. The summed E-state index contributed by atoms with van der Waals surface area (Å²) in [5.74, 6) is 0. The Kier molecular flexibility index (Phi) is 3.62. The maximum Gasteiger partial charge on any atom is 0.417 e. The van der Waals surface area contributed by atoms with Crippen LogP contribution in [0, 0.1) is 11.3 Å². The summed E-state index contributed by atoms with van der Waals surface area (Å²) < 4.78 is 59.6. The van der Waals surface area contributed by atoms with Gasteiger partial charge in [0.25, 0.3) is 9.05 Å². The first kappa shape index (κ1) is 14.1. The van der Waals surface area contributed by atoms with Gasteiger partial charge >= 0.3 is 6.18 Å². The topological polar surface area (TPSA) is 57.9 Å². The number of nitrogens with zero attached hydrogens (tertiary/aromatic N) is 1. The maximum absolute atomic E-state index is 12.6. The zero-order valence-corrected chi connectivity index (χ0v) is 10.0. The third-order valence-corrected chi connectivity index (χ3v) is 3.43. The van der Waals surface area contributed by atoms with Crippen molar-refractivity contribution in [2.75, 3.05) is 0 Å². The lowest BCUT2D eigenvalue weighted by Crippen LogP contribution is -2.11. The summed E-state index contributed by atoms with van der Waals surface area (Å²) in [6, 6.07) is 2.27. The van der Waals surface area contributed by atoms with Crippen molar-refractivity contribution in [3.8, 4) is 6.07 Å². The zero-order chi connectivity index (χ0) is 13.4. The summed E-state index contributed by atoms with van der Waals surface area (Å²) in [5.41, 5.74) is -2.00. The van der Waals surface area contributed by atoms with Crippen molar-refractivity contribution in [1.82, 2.24) is 0 Å². The number of alkyl halides is 3. The smallest absolute Gasteiger partial charge is 0.207 e. The van der Waals surface area contributed by atoms with E-state index in [4.69, 9.17) is 27.5 Å². The van der Waals surface area contributed by atoms with Crippen LogP contribution in [0.2, 0.25) is 5.02 Å². The standard InChI is InChI=1S/C8H2Cl2F3NO2S/c9-6-2-7(17(10,15)16)5(8(11,12)13)1-4(6)3-14/h1-2H. The molecule has 1 aromatic rings. The van der Waals surface area contributed by atoms with E-state index in [-0.39, 0.29) is 0 Å². The fraction of sp³-hybridized carbons (Fsp3) is 0.125. The molecule has 1 rings (SSSR count). The fourth-order valence-electron chi connectivity index (χ4n) is 1.06. The van der Waals surface area contributed by atoms with Crippen molar-refractivity contribution in [3.05, 3.63) is 28.3 Å². The Morgan fingerprint density at radius 3 is 2.18 bits per heavy atom. The highest BCUT2D eigenvalue weighted by atomic mass is 35.7. The molecule has 1 aromatic carbocycles. The molecule has 0 aliphatic heterocycles. The number of benzene rings is 1. The van der Waals surface area contributed by atoms with Gasteiger partial charge < -0.3 is 0 Å². The second-order valence-electron chi connectivity index (χ2n) is 2.88. The summed E-state index contributed by atoms with van der Waals surface area (Å²) in [6.07, 6.45) is -4.95. The maximum atomic E-state index is 12.6. The van der Waals surface area contributed by atoms with Crippen LogP contribution in [0.1, 0.15) is 11.1 Å². The molecule has 0 bridgehead atoms. The Bertz CT molecular complexity index is 604. The normalized spacial score (nSPS) is 12.2. The van der Waals surface area contributed by atoms with Gasteiger partial charge in [-0.3, -0.25) is 0 Å². The van der Waals surface area contributed by atoms with Gasteiger partial charge in [-0.2, -0.15) is 18.4 Å². The molecule has 17 heavy (non-hydrogen) atoms. The predicted molar refractivity (Wildman–Crippen MR) is 54.2 cm³/mol. The first-order valence-corrected chi connectivity index (χ1v) is 6.51. The molecule has 0 radical (unpaired) electrons. The zero-order valence-electron chi connectivity index (χ0n) is 7.72. The molecule has 0 unspecified atom stereocenters. The van der Waals surface area contributed by atoms with Gasteiger partial charge in [0.2, 0.25) is 0 Å². The van der Waals surface area contributed by atoms with E-state index in [0.29, 0.717) is 12.1 Å². The molecular formula is C8H2Cl2F3NO2S. The third-order valence-electron chi connectivity index (χ3n) is 1.76. The molecule has 0 heterocycles. The molecule has 0 saturated heterocycles. The Hall–Kier alpha value is -0.970. The van der Waals surface area contributed by atoms with Crippen LogP contribution in [-0.2, 0) is 15.2 Å². The van der Waals surface area contributed by atoms with E-state index >= 15 is 0 Å². The third kappa shape index (κ3) is 3.03. The molecule has 0 spiro atoms. The van der Waals surface area contributed by atoms with Gasteiger partial charge in [0.15, 0.2) is 0 Å². The summed E-state index contributed by atoms with van der Waals surface area (Å²) in [5, 5.41) is 8.10. The van der Waals surface area contributed by atoms with Crippen LogP contribution >= 0.6 is 22.3 Å². The Morgan fingerprint density at radius 1 is 1.29 bits per heavy atom. The SMILES string of the molecule is N#Cc1cc(C(F)(F)F)c(S(=O)(=O)Cl)cc1Cl. The number of rotatable bonds is 1. The van der Waals surface area contributed by atoms with Gasteiger partial charge in [0.1, 0.15) is 6.07 Å². The highest BCUT2D eigenvalue weighted by molar-refractivity contribution is 8.13. The van der Waals surface area contributed by atoms with Crippen molar-refractivity contribution in [1.29, 1.82) is 5.26 Å². The summed E-state index contributed by atoms with van der Waals surface area (Å²) in [6.45, 7) is 0. The van der Waals surface area contributed by atoms with E-state index in [2.05, 4.69) is 0 Å². The molecule has 0 N–H and O–H groups in total. The number of nitriles is 1. The molecule has 0 saturated carbocycles. The highest BCUT2D eigenvalue weighted by Gasteiger charge is 2.37. The van der Waals surface area contributed by atoms with Crippen LogP contribution in [0.3, 0.4) is 0 Å². The molecule has 0 aromatic heterocycles. The molecule has 0 aliphatic rings. The molecule has 0 fully saturated rings. The van der Waals surface area contributed by atoms with E-state index in [1.807, 2.05) is 0 Å². The molecule has 9 heteroatoms. The molecular weight excluding hydrogens is 302 g/mol.